The third-order valence-electron chi connectivity index (χ3n) is 3.91. The predicted molar refractivity (Wildman–Crippen MR) is 77.5 cm³/mol. The Morgan fingerprint density at radius 2 is 2.00 bits per heavy atom. The molecule has 0 radical (unpaired) electrons. The molecule has 1 fully saturated rings. The van der Waals surface area contributed by atoms with Gasteiger partial charge in [-0.2, -0.15) is 0 Å². The van der Waals surface area contributed by atoms with Gasteiger partial charge in [0.1, 0.15) is 5.82 Å². The van der Waals surface area contributed by atoms with E-state index in [-0.39, 0.29) is 5.82 Å². The Bertz CT molecular complexity index is 401. The van der Waals surface area contributed by atoms with Crippen molar-refractivity contribution >= 4 is 0 Å². The van der Waals surface area contributed by atoms with Gasteiger partial charge in [-0.15, -0.1) is 0 Å². The SMILES string of the molecule is CC(C)C(CNC1CC1)N(C)Cc1ccccc1F. The number of benzene rings is 1. The lowest BCUT2D eigenvalue weighted by molar-refractivity contribution is 0.177. The molecule has 1 aliphatic carbocycles. The third-order valence-corrected chi connectivity index (χ3v) is 3.91. The number of nitrogens with zero attached hydrogens (tertiary/aromatic N) is 1. The number of rotatable bonds is 7. The van der Waals surface area contributed by atoms with Crippen molar-refractivity contribution in [1.82, 2.24) is 10.2 Å². The van der Waals surface area contributed by atoms with Gasteiger partial charge in [0.05, 0.1) is 0 Å². The van der Waals surface area contributed by atoms with Crippen LogP contribution in [0, 0.1) is 11.7 Å². The summed E-state index contributed by atoms with van der Waals surface area (Å²) in [6.07, 6.45) is 2.61. The zero-order valence-electron chi connectivity index (χ0n) is 12.2. The molecule has 0 heterocycles. The molecule has 0 saturated heterocycles. The van der Waals surface area contributed by atoms with Crippen molar-refractivity contribution in [2.75, 3.05) is 13.6 Å². The Kier molecular flexibility index (Phi) is 4.94. The zero-order chi connectivity index (χ0) is 13.8. The molecule has 0 amide bonds. The number of nitrogens with one attached hydrogen (secondary N) is 1. The summed E-state index contributed by atoms with van der Waals surface area (Å²) in [5.74, 6) is 0.454. The summed E-state index contributed by atoms with van der Waals surface area (Å²) in [5.41, 5.74) is 0.780. The Labute approximate surface area is 116 Å². The third kappa shape index (κ3) is 4.29. The monoisotopic (exact) mass is 264 g/mol. The molecule has 19 heavy (non-hydrogen) atoms. The molecular formula is C16H25FN2. The van der Waals surface area contributed by atoms with Crippen LogP contribution in [0.5, 0.6) is 0 Å². The second-order valence-electron chi connectivity index (χ2n) is 6.00. The van der Waals surface area contributed by atoms with Crippen LogP contribution in [0.4, 0.5) is 4.39 Å². The Morgan fingerprint density at radius 1 is 1.32 bits per heavy atom. The standard InChI is InChI=1S/C16H25FN2/c1-12(2)16(10-18-14-8-9-14)19(3)11-13-6-4-5-7-15(13)17/h4-7,12,14,16,18H,8-11H2,1-3H3. The van der Waals surface area contributed by atoms with Crippen LogP contribution >= 0.6 is 0 Å². The lowest BCUT2D eigenvalue weighted by atomic mass is 10.0. The maximum atomic E-state index is 13.7. The molecule has 1 aromatic rings. The quantitative estimate of drug-likeness (QED) is 0.814. The van der Waals surface area contributed by atoms with Gasteiger partial charge in [0.15, 0.2) is 0 Å². The van der Waals surface area contributed by atoms with Crippen molar-refractivity contribution in [2.24, 2.45) is 5.92 Å². The molecule has 106 valence electrons. The van der Waals surface area contributed by atoms with Gasteiger partial charge in [-0.05, 0) is 31.9 Å². The van der Waals surface area contributed by atoms with Crippen LogP contribution in [0.15, 0.2) is 24.3 Å². The molecule has 0 bridgehead atoms. The number of hydrogen-bond donors (Lipinski definition) is 1. The van der Waals surface area contributed by atoms with E-state index in [4.69, 9.17) is 0 Å². The van der Waals surface area contributed by atoms with Crippen LogP contribution in [-0.2, 0) is 6.54 Å². The topological polar surface area (TPSA) is 15.3 Å². The van der Waals surface area contributed by atoms with E-state index >= 15 is 0 Å². The van der Waals surface area contributed by atoms with Crippen LogP contribution in [0.2, 0.25) is 0 Å². The lowest BCUT2D eigenvalue weighted by Crippen LogP contribution is -2.43. The normalized spacial score (nSPS) is 17.2. The minimum atomic E-state index is -0.105. The second-order valence-corrected chi connectivity index (χ2v) is 6.00. The van der Waals surface area contributed by atoms with E-state index in [1.54, 1.807) is 6.07 Å². The highest BCUT2D eigenvalue weighted by Crippen LogP contribution is 2.20. The number of hydrogen-bond acceptors (Lipinski definition) is 2. The fourth-order valence-corrected chi connectivity index (χ4v) is 2.49. The molecule has 0 spiro atoms. The Hall–Kier alpha value is -0.930. The van der Waals surface area contributed by atoms with Crippen molar-refractivity contribution in [3.05, 3.63) is 35.6 Å². The van der Waals surface area contributed by atoms with Crippen LogP contribution in [-0.4, -0.2) is 30.6 Å². The smallest absolute Gasteiger partial charge is 0.127 e. The summed E-state index contributed by atoms with van der Waals surface area (Å²) < 4.78 is 13.7. The van der Waals surface area contributed by atoms with Gasteiger partial charge in [0.2, 0.25) is 0 Å². The highest BCUT2D eigenvalue weighted by Gasteiger charge is 2.25. The molecule has 3 heteroatoms. The van der Waals surface area contributed by atoms with Crippen molar-refractivity contribution in [3.63, 3.8) is 0 Å². The molecule has 2 nitrogen and oxygen atoms in total. The highest BCUT2D eigenvalue weighted by molar-refractivity contribution is 5.17. The molecule has 1 saturated carbocycles. The maximum Gasteiger partial charge on any atom is 0.127 e. The lowest BCUT2D eigenvalue weighted by Gasteiger charge is -2.31. The van der Waals surface area contributed by atoms with E-state index in [0.29, 0.717) is 18.5 Å². The maximum absolute atomic E-state index is 13.7. The molecule has 0 aromatic heterocycles. The molecule has 1 atom stereocenters. The summed E-state index contributed by atoms with van der Waals surface area (Å²) >= 11 is 0. The molecule has 0 aliphatic heterocycles. The summed E-state index contributed by atoms with van der Waals surface area (Å²) in [4.78, 5) is 2.26. The van der Waals surface area contributed by atoms with Gasteiger partial charge >= 0.3 is 0 Å². The van der Waals surface area contributed by atoms with Gasteiger partial charge in [0.25, 0.3) is 0 Å². The van der Waals surface area contributed by atoms with Crippen LogP contribution < -0.4 is 5.32 Å². The van der Waals surface area contributed by atoms with Crippen molar-refractivity contribution in [1.29, 1.82) is 0 Å². The fourth-order valence-electron chi connectivity index (χ4n) is 2.49. The van der Waals surface area contributed by atoms with Crippen LogP contribution in [0.3, 0.4) is 0 Å². The minimum Gasteiger partial charge on any atom is -0.312 e. The van der Waals surface area contributed by atoms with E-state index in [1.807, 2.05) is 12.1 Å². The first-order chi connectivity index (χ1) is 9.08. The van der Waals surface area contributed by atoms with E-state index < -0.39 is 0 Å². The summed E-state index contributed by atoms with van der Waals surface area (Å²) in [5, 5.41) is 3.58. The van der Waals surface area contributed by atoms with E-state index in [9.17, 15) is 4.39 Å². The van der Waals surface area contributed by atoms with E-state index in [0.717, 1.165) is 18.2 Å². The Morgan fingerprint density at radius 3 is 2.58 bits per heavy atom. The average molecular weight is 264 g/mol. The minimum absolute atomic E-state index is 0.105. The van der Waals surface area contributed by atoms with Gasteiger partial charge < -0.3 is 5.32 Å². The molecule has 1 aliphatic rings. The first-order valence-electron chi connectivity index (χ1n) is 7.25. The molecular weight excluding hydrogens is 239 g/mol. The molecule has 2 rings (SSSR count). The van der Waals surface area contributed by atoms with Crippen molar-refractivity contribution in [3.8, 4) is 0 Å². The number of likely N-dealkylation sites (N-methyl/N-ethyl adjacent to an activating group) is 1. The molecule has 1 unspecified atom stereocenters. The fraction of sp³-hybridized carbons (Fsp3) is 0.625. The molecule has 1 aromatic carbocycles. The Balaban J connectivity index is 1.94. The van der Waals surface area contributed by atoms with Gasteiger partial charge in [0, 0.05) is 30.7 Å². The largest absolute Gasteiger partial charge is 0.312 e. The molecule has 1 N–H and O–H groups in total. The summed E-state index contributed by atoms with van der Waals surface area (Å²) in [7, 11) is 2.09. The van der Waals surface area contributed by atoms with Gasteiger partial charge in [-0.25, -0.2) is 4.39 Å². The zero-order valence-corrected chi connectivity index (χ0v) is 12.2. The van der Waals surface area contributed by atoms with E-state index in [2.05, 4.69) is 31.1 Å². The second kappa shape index (κ2) is 6.49. The first kappa shape index (κ1) is 14.5. The summed E-state index contributed by atoms with van der Waals surface area (Å²) in [6, 6.07) is 8.23. The number of halogens is 1. The van der Waals surface area contributed by atoms with Crippen LogP contribution in [0.1, 0.15) is 32.3 Å². The van der Waals surface area contributed by atoms with Crippen molar-refractivity contribution in [2.45, 2.75) is 45.3 Å². The predicted octanol–water partition coefficient (Wildman–Crippen LogP) is 3.03. The summed E-state index contributed by atoms with van der Waals surface area (Å²) in [6.45, 7) is 6.13. The van der Waals surface area contributed by atoms with Crippen LogP contribution in [0.25, 0.3) is 0 Å². The van der Waals surface area contributed by atoms with Gasteiger partial charge in [-0.1, -0.05) is 32.0 Å². The average Bonchev–Trinajstić information content (AvgIpc) is 3.16. The van der Waals surface area contributed by atoms with Crippen molar-refractivity contribution < 1.29 is 4.39 Å². The first-order valence-corrected chi connectivity index (χ1v) is 7.25. The van der Waals surface area contributed by atoms with Gasteiger partial charge in [-0.3, -0.25) is 4.90 Å². The highest BCUT2D eigenvalue weighted by atomic mass is 19.1. The van der Waals surface area contributed by atoms with E-state index in [1.165, 1.54) is 18.9 Å².